The molecular weight excluding hydrogens is 456 g/mol. The number of aliphatic imine (C=N–C) groups is 1. The summed E-state index contributed by atoms with van der Waals surface area (Å²) < 4.78 is 0. The van der Waals surface area contributed by atoms with Crippen molar-refractivity contribution in [3.63, 3.8) is 0 Å². The Labute approximate surface area is 191 Å². The first-order chi connectivity index (χ1) is 15.4. The number of fused-ring (bicyclic) bond motifs is 3. The summed E-state index contributed by atoms with van der Waals surface area (Å²) in [4.78, 5) is 28.5. The molecule has 0 radical (unpaired) electrons. The molecule has 2 aromatic carbocycles. The molecule has 164 valence electrons. The predicted molar refractivity (Wildman–Crippen MR) is 123 cm³/mol. The molecule has 0 amide bonds. The molecule has 1 fully saturated rings. The molecule has 10 nitrogen and oxygen atoms in total. The number of benzene rings is 2. The molecule has 0 saturated carbocycles. The summed E-state index contributed by atoms with van der Waals surface area (Å²) in [6, 6.07) is 10.6. The first-order valence-corrected chi connectivity index (χ1v) is 11.2. The van der Waals surface area contributed by atoms with Gasteiger partial charge in [-0.15, -0.1) is 0 Å². The van der Waals surface area contributed by atoms with Gasteiger partial charge in [0.05, 0.1) is 27.2 Å². The maximum Gasteiger partial charge on any atom is 0.301 e. The SMILES string of the molecule is O=[N+]([O-])c1ccc(N2N=C3C(SC4=NCCCCN43)C2c2ccc(Cl)cc2)c([N+](=O)[O-])c1. The predicted octanol–water partition coefficient (Wildman–Crippen LogP) is 4.60. The number of nitro benzene ring substituents is 2. The number of non-ortho nitro benzene ring substituents is 1. The van der Waals surface area contributed by atoms with Crippen LogP contribution in [0.1, 0.15) is 24.4 Å². The van der Waals surface area contributed by atoms with Crippen molar-refractivity contribution in [2.45, 2.75) is 24.1 Å². The molecule has 5 rings (SSSR count). The molecule has 0 bridgehead atoms. The van der Waals surface area contributed by atoms with Gasteiger partial charge in [-0.1, -0.05) is 35.5 Å². The Hall–Kier alpha value is -3.18. The number of hydrogen-bond acceptors (Lipinski definition) is 9. The molecule has 2 aromatic rings. The Kier molecular flexibility index (Phi) is 5.22. The Balaban J connectivity index is 1.65. The van der Waals surface area contributed by atoms with Crippen LogP contribution in [-0.2, 0) is 0 Å². The lowest BCUT2D eigenvalue weighted by molar-refractivity contribution is -0.393. The molecule has 1 saturated heterocycles. The lowest BCUT2D eigenvalue weighted by Gasteiger charge is -2.26. The fourth-order valence-electron chi connectivity index (χ4n) is 4.13. The minimum absolute atomic E-state index is 0.122. The van der Waals surface area contributed by atoms with Crippen LogP contribution in [0.2, 0.25) is 5.02 Å². The quantitative estimate of drug-likeness (QED) is 0.471. The van der Waals surface area contributed by atoms with E-state index in [1.54, 1.807) is 28.9 Å². The molecule has 3 heterocycles. The number of rotatable bonds is 4. The fraction of sp³-hybridized carbons (Fsp3) is 0.300. The Morgan fingerprint density at radius 2 is 1.84 bits per heavy atom. The van der Waals surface area contributed by atoms with Crippen LogP contribution in [0.5, 0.6) is 0 Å². The van der Waals surface area contributed by atoms with Gasteiger partial charge in [-0.3, -0.25) is 25.2 Å². The van der Waals surface area contributed by atoms with Gasteiger partial charge >= 0.3 is 5.69 Å². The van der Waals surface area contributed by atoms with Crippen LogP contribution in [0.4, 0.5) is 17.1 Å². The van der Waals surface area contributed by atoms with Crippen molar-refractivity contribution in [1.29, 1.82) is 0 Å². The van der Waals surface area contributed by atoms with E-state index in [0.717, 1.165) is 48.6 Å². The van der Waals surface area contributed by atoms with E-state index < -0.39 is 9.85 Å². The summed E-state index contributed by atoms with van der Waals surface area (Å²) in [6.07, 6.45) is 1.97. The van der Waals surface area contributed by atoms with E-state index in [1.165, 1.54) is 12.1 Å². The van der Waals surface area contributed by atoms with Gasteiger partial charge in [-0.05, 0) is 36.6 Å². The maximum absolute atomic E-state index is 11.8. The lowest BCUT2D eigenvalue weighted by Crippen LogP contribution is -2.32. The number of hydrazone groups is 1. The van der Waals surface area contributed by atoms with Gasteiger partial charge in [0.1, 0.15) is 11.5 Å². The third-order valence-electron chi connectivity index (χ3n) is 5.62. The summed E-state index contributed by atoms with van der Waals surface area (Å²) in [6.45, 7) is 1.55. The van der Waals surface area contributed by atoms with E-state index in [1.807, 2.05) is 12.1 Å². The summed E-state index contributed by atoms with van der Waals surface area (Å²) in [5.41, 5.74) is 0.386. The number of nitrogens with zero attached hydrogens (tertiary/aromatic N) is 6. The molecule has 3 aliphatic heterocycles. The van der Waals surface area contributed by atoms with Crippen LogP contribution in [0, 0.1) is 20.2 Å². The van der Waals surface area contributed by atoms with E-state index in [-0.39, 0.29) is 28.4 Å². The van der Waals surface area contributed by atoms with Crippen LogP contribution in [0.3, 0.4) is 0 Å². The molecule has 12 heteroatoms. The van der Waals surface area contributed by atoms with Crippen molar-refractivity contribution in [2.24, 2.45) is 10.1 Å². The zero-order chi connectivity index (χ0) is 22.4. The zero-order valence-corrected chi connectivity index (χ0v) is 18.2. The first kappa shape index (κ1) is 20.7. The average Bonchev–Trinajstić information content (AvgIpc) is 3.20. The largest absolute Gasteiger partial charge is 0.307 e. The van der Waals surface area contributed by atoms with Crippen molar-refractivity contribution in [3.05, 3.63) is 73.3 Å². The van der Waals surface area contributed by atoms with Crippen molar-refractivity contribution < 1.29 is 9.85 Å². The number of hydrogen-bond donors (Lipinski definition) is 0. The highest BCUT2D eigenvalue weighted by Gasteiger charge is 2.50. The summed E-state index contributed by atoms with van der Waals surface area (Å²) >= 11 is 7.69. The second-order valence-electron chi connectivity index (χ2n) is 7.55. The van der Waals surface area contributed by atoms with Crippen molar-refractivity contribution in [3.8, 4) is 0 Å². The van der Waals surface area contributed by atoms with E-state index in [2.05, 4.69) is 9.89 Å². The Morgan fingerprint density at radius 1 is 1.06 bits per heavy atom. The van der Waals surface area contributed by atoms with Gasteiger partial charge in [0.25, 0.3) is 5.69 Å². The molecular formula is C20H17ClN6O4S. The smallest absolute Gasteiger partial charge is 0.301 e. The first-order valence-electron chi connectivity index (χ1n) is 9.99. The normalized spacial score (nSPS) is 22.0. The monoisotopic (exact) mass is 472 g/mol. The lowest BCUT2D eigenvalue weighted by atomic mass is 10.0. The van der Waals surface area contributed by atoms with Gasteiger partial charge in [0.15, 0.2) is 5.17 Å². The standard InChI is InChI=1S/C20H17ClN6O4S/c21-13-5-3-12(4-6-13)17-18-19(24-10-2-1-9-22-20(24)32-18)23-25(17)15-8-7-14(26(28)29)11-16(15)27(30)31/h3-8,11,17-18H,1-2,9-10H2. The topological polar surface area (TPSA) is 117 Å². The Bertz CT molecular complexity index is 1170. The molecule has 2 atom stereocenters. The van der Waals surface area contributed by atoms with Crippen LogP contribution in [-0.4, -0.2) is 44.1 Å². The average molecular weight is 473 g/mol. The minimum Gasteiger partial charge on any atom is -0.307 e. The molecule has 3 aliphatic rings. The highest BCUT2D eigenvalue weighted by atomic mass is 35.5. The van der Waals surface area contributed by atoms with Crippen molar-refractivity contribution >= 4 is 51.4 Å². The fourth-order valence-corrected chi connectivity index (χ4v) is 5.65. The van der Waals surface area contributed by atoms with Crippen LogP contribution >= 0.6 is 23.4 Å². The number of halogens is 1. The summed E-state index contributed by atoms with van der Waals surface area (Å²) in [5.74, 6) is 0.795. The maximum atomic E-state index is 11.8. The molecule has 32 heavy (non-hydrogen) atoms. The zero-order valence-electron chi connectivity index (χ0n) is 16.6. The third-order valence-corrected chi connectivity index (χ3v) is 7.15. The van der Waals surface area contributed by atoms with Gasteiger partial charge in [-0.25, -0.2) is 5.01 Å². The van der Waals surface area contributed by atoms with Crippen LogP contribution < -0.4 is 5.01 Å². The van der Waals surface area contributed by atoms with Gasteiger partial charge in [0, 0.05) is 24.2 Å². The molecule has 0 N–H and O–H groups in total. The molecule has 0 aromatic heterocycles. The second-order valence-corrected chi connectivity index (χ2v) is 9.09. The summed E-state index contributed by atoms with van der Waals surface area (Å²) in [5, 5.41) is 30.8. The van der Waals surface area contributed by atoms with Gasteiger partial charge < -0.3 is 4.90 Å². The van der Waals surface area contributed by atoms with E-state index in [4.69, 9.17) is 16.7 Å². The van der Waals surface area contributed by atoms with Gasteiger partial charge in [-0.2, -0.15) is 5.10 Å². The van der Waals surface area contributed by atoms with Crippen molar-refractivity contribution in [1.82, 2.24) is 4.90 Å². The van der Waals surface area contributed by atoms with E-state index in [9.17, 15) is 20.2 Å². The van der Waals surface area contributed by atoms with E-state index in [0.29, 0.717) is 5.02 Å². The van der Waals surface area contributed by atoms with Crippen LogP contribution in [0.15, 0.2) is 52.6 Å². The third kappa shape index (κ3) is 3.47. The van der Waals surface area contributed by atoms with E-state index >= 15 is 0 Å². The van der Waals surface area contributed by atoms with Crippen molar-refractivity contribution in [2.75, 3.05) is 18.1 Å². The number of nitro groups is 2. The number of thioether (sulfide) groups is 1. The van der Waals surface area contributed by atoms with Gasteiger partial charge in [0.2, 0.25) is 0 Å². The van der Waals surface area contributed by atoms with Crippen LogP contribution in [0.25, 0.3) is 0 Å². The minimum atomic E-state index is -0.645. The molecule has 0 spiro atoms. The number of amidine groups is 2. The second kappa shape index (κ2) is 8.06. The highest BCUT2D eigenvalue weighted by Crippen LogP contribution is 2.49. The number of anilines is 1. The molecule has 0 aliphatic carbocycles. The highest BCUT2D eigenvalue weighted by molar-refractivity contribution is 8.15. The Morgan fingerprint density at radius 3 is 2.56 bits per heavy atom. The molecule has 2 unspecified atom stereocenters. The summed E-state index contributed by atoms with van der Waals surface area (Å²) in [7, 11) is 0.